The third kappa shape index (κ3) is 3.18. The number of carbonyl (C=O) groups is 1. The van der Waals surface area contributed by atoms with Gasteiger partial charge in [-0.25, -0.2) is 0 Å². The van der Waals surface area contributed by atoms with E-state index < -0.39 is 5.91 Å². The molecular formula is C7H8BNO3. The summed E-state index contributed by atoms with van der Waals surface area (Å²) in [4.78, 5) is 10.5. The third-order valence-corrected chi connectivity index (χ3v) is 1.17. The Balaban J connectivity index is 0. The van der Waals surface area contributed by atoms with Crippen molar-refractivity contribution in [2.75, 3.05) is 0 Å². The maximum atomic E-state index is 10.5. The molecule has 0 aromatic heterocycles. The fourth-order valence-electron chi connectivity index (χ4n) is 0.692. The van der Waals surface area contributed by atoms with E-state index in [4.69, 9.17) is 13.6 Å². The minimum Gasteiger partial charge on any atom is -0.870 e. The first-order valence-electron chi connectivity index (χ1n) is 2.85. The number of benzene rings is 1. The standard InChI is InChI=1S/C7H6BNO.2H2O/c8-6-3-1-2-5(4-6)7(9)10;;/h1-4H,(H2,9,10);2*1H2/q+2;;/p-2. The van der Waals surface area contributed by atoms with Gasteiger partial charge in [-0.2, -0.15) is 0 Å². The van der Waals surface area contributed by atoms with Crippen molar-refractivity contribution in [3.05, 3.63) is 29.8 Å². The van der Waals surface area contributed by atoms with Gasteiger partial charge in [0.15, 0.2) is 0 Å². The molecular weight excluding hydrogens is 157 g/mol. The number of primary amides is 1. The van der Waals surface area contributed by atoms with Gasteiger partial charge >= 0.3 is 59.6 Å². The molecule has 0 fully saturated rings. The number of amides is 1. The van der Waals surface area contributed by atoms with Gasteiger partial charge in [0.05, 0.1) is 0 Å². The summed E-state index contributed by atoms with van der Waals surface area (Å²) in [5, 5.41) is 0. The first-order valence-corrected chi connectivity index (χ1v) is 2.85. The van der Waals surface area contributed by atoms with E-state index in [1.54, 1.807) is 24.3 Å². The zero-order valence-corrected chi connectivity index (χ0v) is 6.27. The first kappa shape index (κ1) is 13.3. The molecule has 1 amide bonds. The Kier molecular flexibility index (Phi) is 5.91. The fraction of sp³-hybridized carbons (Fsp3) is 0. The van der Waals surface area contributed by atoms with E-state index in [9.17, 15) is 4.79 Å². The monoisotopic (exact) mass is 165 g/mol. The van der Waals surface area contributed by atoms with Crippen molar-refractivity contribution in [3.8, 4) is 0 Å². The fourth-order valence-corrected chi connectivity index (χ4v) is 0.692. The predicted molar refractivity (Wildman–Crippen MR) is 44.2 cm³/mol. The molecule has 0 unspecified atom stereocenters. The Morgan fingerprint density at radius 2 is 1.92 bits per heavy atom. The van der Waals surface area contributed by atoms with Crippen molar-refractivity contribution < 1.29 is 15.7 Å². The summed E-state index contributed by atoms with van der Waals surface area (Å²) in [5.74, 6) is -0.452. The van der Waals surface area contributed by atoms with Gasteiger partial charge in [0.1, 0.15) is 0 Å². The number of carbonyl (C=O) groups excluding carboxylic acids is 1. The molecule has 0 spiro atoms. The van der Waals surface area contributed by atoms with Gasteiger partial charge in [0.25, 0.3) is 0 Å². The Hall–Kier alpha value is -1.33. The smallest absolute Gasteiger partial charge is 0.870 e. The first-order chi connectivity index (χ1) is 4.70. The Labute approximate surface area is 71.4 Å². The molecule has 5 heteroatoms. The van der Waals surface area contributed by atoms with Crippen LogP contribution in [0.15, 0.2) is 24.3 Å². The summed E-state index contributed by atoms with van der Waals surface area (Å²) in [6.07, 6.45) is 0. The molecule has 1 aromatic carbocycles. The van der Waals surface area contributed by atoms with Crippen LogP contribution in [0.4, 0.5) is 0 Å². The van der Waals surface area contributed by atoms with Crippen LogP contribution in [-0.4, -0.2) is 24.7 Å². The second kappa shape index (κ2) is 5.34. The molecule has 1 rings (SSSR count). The van der Waals surface area contributed by atoms with E-state index in [-0.39, 0.29) is 11.0 Å². The minimum atomic E-state index is -0.452. The minimum absolute atomic E-state index is 0. The van der Waals surface area contributed by atoms with Crippen LogP contribution >= 0.6 is 0 Å². The van der Waals surface area contributed by atoms with Crippen LogP contribution in [0.3, 0.4) is 0 Å². The topological polar surface area (TPSA) is 103 Å². The summed E-state index contributed by atoms with van der Waals surface area (Å²) in [6.45, 7) is 0. The summed E-state index contributed by atoms with van der Waals surface area (Å²) < 4.78 is 0. The Morgan fingerprint density at radius 3 is 2.25 bits per heavy atom. The molecule has 62 valence electrons. The number of hydrogen-bond acceptors (Lipinski definition) is 3. The molecule has 4 N–H and O–H groups in total. The van der Waals surface area contributed by atoms with Crippen molar-refractivity contribution in [1.82, 2.24) is 0 Å². The van der Waals surface area contributed by atoms with E-state index in [1.807, 2.05) is 0 Å². The molecule has 0 bridgehead atoms. The molecule has 0 atom stereocenters. The third-order valence-electron chi connectivity index (χ3n) is 1.17. The van der Waals surface area contributed by atoms with Crippen LogP contribution in [0.1, 0.15) is 10.4 Å². The zero-order chi connectivity index (χ0) is 7.56. The second-order valence-electron chi connectivity index (χ2n) is 1.99. The molecule has 0 aliphatic carbocycles. The van der Waals surface area contributed by atoms with Gasteiger partial charge in [-0.3, -0.25) is 0 Å². The van der Waals surface area contributed by atoms with Gasteiger partial charge in [0.2, 0.25) is 0 Å². The second-order valence-corrected chi connectivity index (χ2v) is 1.99. The van der Waals surface area contributed by atoms with Crippen LogP contribution in [0.2, 0.25) is 0 Å². The van der Waals surface area contributed by atoms with E-state index in [2.05, 4.69) is 0 Å². The van der Waals surface area contributed by atoms with Crippen LogP contribution in [0.5, 0.6) is 0 Å². The van der Waals surface area contributed by atoms with E-state index in [0.29, 0.717) is 11.0 Å². The molecule has 0 radical (unpaired) electrons. The van der Waals surface area contributed by atoms with E-state index in [0.717, 1.165) is 0 Å². The number of hydrogen-bond donors (Lipinski definition) is 1. The van der Waals surface area contributed by atoms with Crippen molar-refractivity contribution in [2.45, 2.75) is 0 Å². The van der Waals surface area contributed by atoms with Crippen molar-refractivity contribution in [2.24, 2.45) is 5.73 Å². The van der Waals surface area contributed by atoms with Crippen LogP contribution < -0.4 is 11.2 Å². The molecule has 0 aliphatic rings. The molecule has 4 nitrogen and oxygen atoms in total. The molecule has 12 heavy (non-hydrogen) atoms. The van der Waals surface area contributed by atoms with E-state index in [1.165, 1.54) is 0 Å². The maximum Gasteiger partial charge on any atom is -0.870 e. The van der Waals surface area contributed by atoms with Gasteiger partial charge < -0.3 is 11.0 Å². The SMILES string of the molecule is [B+2]c1cccc(C(N)=O)c1.[OH-].[OH-]. The summed E-state index contributed by atoms with van der Waals surface area (Å²) in [6, 6.07) is 6.56. The summed E-state index contributed by atoms with van der Waals surface area (Å²) in [5.41, 5.74) is 5.98. The molecule has 1 aromatic rings. The van der Waals surface area contributed by atoms with Crippen LogP contribution in [0.25, 0.3) is 0 Å². The Bertz CT molecular complexity index is 265. The van der Waals surface area contributed by atoms with Gasteiger partial charge in [-0.15, -0.1) is 0 Å². The number of nitrogens with two attached hydrogens (primary N) is 1. The maximum absolute atomic E-state index is 10.5. The van der Waals surface area contributed by atoms with Gasteiger partial charge in [-0.1, -0.05) is 0 Å². The average Bonchev–Trinajstić information content (AvgIpc) is 1.88. The van der Waals surface area contributed by atoms with Crippen molar-refractivity contribution >= 4 is 19.2 Å². The van der Waals surface area contributed by atoms with Gasteiger partial charge in [-0.05, 0) is 0 Å². The predicted octanol–water partition coefficient (Wildman–Crippen LogP) is -0.774. The van der Waals surface area contributed by atoms with E-state index >= 15 is 0 Å². The largest absolute Gasteiger partial charge is 0.870 e. The summed E-state index contributed by atoms with van der Waals surface area (Å²) in [7, 11) is 5.39. The molecule has 0 aliphatic heterocycles. The normalized spacial score (nSPS) is 7.83. The molecule has 0 saturated heterocycles. The van der Waals surface area contributed by atoms with Crippen LogP contribution in [0, 0.1) is 0 Å². The molecule has 0 saturated carbocycles. The zero-order valence-electron chi connectivity index (χ0n) is 6.27. The Morgan fingerprint density at radius 1 is 1.33 bits per heavy atom. The quantitative estimate of drug-likeness (QED) is 0.552. The van der Waals surface area contributed by atoms with Gasteiger partial charge in [0, 0.05) is 0 Å². The van der Waals surface area contributed by atoms with Crippen LogP contribution in [-0.2, 0) is 0 Å². The average molecular weight is 165 g/mol. The van der Waals surface area contributed by atoms with Crippen molar-refractivity contribution in [1.29, 1.82) is 0 Å². The summed E-state index contributed by atoms with van der Waals surface area (Å²) >= 11 is 0. The van der Waals surface area contributed by atoms with Crippen molar-refractivity contribution in [3.63, 3.8) is 0 Å². The number of rotatable bonds is 1. The molecule has 0 heterocycles.